The molecule has 0 aliphatic carbocycles. The molecule has 0 heterocycles. The zero-order valence-corrected chi connectivity index (χ0v) is 19.0. The summed E-state index contributed by atoms with van der Waals surface area (Å²) >= 11 is 3.55. The fraction of sp³-hybridized carbons (Fsp3) is 0.417. The van der Waals surface area contributed by atoms with Gasteiger partial charge in [-0.1, -0.05) is 63.1 Å². The van der Waals surface area contributed by atoms with Crippen LogP contribution in [-0.4, -0.2) is 18.7 Å². The number of carbonyl (C=O) groups excluding carboxylic acids is 1. The van der Waals surface area contributed by atoms with Crippen molar-refractivity contribution in [3.8, 4) is 5.75 Å². The van der Waals surface area contributed by atoms with Crippen LogP contribution in [0, 0.1) is 6.92 Å². The van der Waals surface area contributed by atoms with E-state index in [1.54, 1.807) is 18.3 Å². The van der Waals surface area contributed by atoms with Crippen molar-refractivity contribution in [1.82, 2.24) is 5.43 Å². The van der Waals surface area contributed by atoms with E-state index in [0.29, 0.717) is 5.56 Å². The first-order valence-electron chi connectivity index (χ1n) is 10.4. The summed E-state index contributed by atoms with van der Waals surface area (Å²) in [6.07, 6.45) is 10.5. The van der Waals surface area contributed by atoms with Crippen molar-refractivity contribution in [3.63, 3.8) is 0 Å². The molecule has 29 heavy (non-hydrogen) atoms. The van der Waals surface area contributed by atoms with E-state index in [1.807, 2.05) is 37.3 Å². The van der Waals surface area contributed by atoms with Gasteiger partial charge in [-0.2, -0.15) is 5.10 Å². The van der Waals surface area contributed by atoms with E-state index in [1.165, 1.54) is 38.5 Å². The van der Waals surface area contributed by atoms with E-state index in [4.69, 9.17) is 4.74 Å². The number of carbonyl (C=O) groups is 1. The molecule has 0 unspecified atom stereocenters. The molecule has 0 radical (unpaired) electrons. The molecule has 1 amide bonds. The summed E-state index contributed by atoms with van der Waals surface area (Å²) in [4.78, 5) is 12.1. The maximum absolute atomic E-state index is 12.1. The first-order valence-corrected chi connectivity index (χ1v) is 11.2. The number of ether oxygens (including phenoxy) is 1. The molecule has 2 aromatic rings. The van der Waals surface area contributed by atoms with Gasteiger partial charge in [0.05, 0.1) is 17.3 Å². The van der Waals surface area contributed by atoms with Crippen molar-refractivity contribution in [2.24, 2.45) is 5.10 Å². The van der Waals surface area contributed by atoms with Crippen LogP contribution < -0.4 is 10.2 Å². The monoisotopic (exact) mass is 458 g/mol. The van der Waals surface area contributed by atoms with Gasteiger partial charge in [0.15, 0.2) is 0 Å². The number of halogens is 1. The highest BCUT2D eigenvalue weighted by atomic mass is 79.9. The molecule has 5 heteroatoms. The maximum Gasteiger partial charge on any atom is 0.271 e. The molecule has 156 valence electrons. The van der Waals surface area contributed by atoms with Gasteiger partial charge in [-0.15, -0.1) is 0 Å². The van der Waals surface area contributed by atoms with Crippen LogP contribution in [0.2, 0.25) is 0 Å². The van der Waals surface area contributed by atoms with E-state index in [9.17, 15) is 4.79 Å². The first kappa shape index (κ1) is 23.1. The van der Waals surface area contributed by atoms with Gasteiger partial charge >= 0.3 is 0 Å². The second-order valence-corrected chi connectivity index (χ2v) is 8.08. The van der Waals surface area contributed by atoms with E-state index in [0.717, 1.165) is 34.4 Å². The summed E-state index contributed by atoms with van der Waals surface area (Å²) in [7, 11) is 0. The van der Waals surface area contributed by atoms with Gasteiger partial charge in [-0.25, -0.2) is 5.43 Å². The standard InChI is InChI=1S/C24H31BrN2O2/c1-3-4-5-6-7-8-9-16-29-23-15-12-20(17-22(23)25)18-26-27-24(28)21-13-10-19(2)11-14-21/h10-15,17-18H,3-9,16H2,1-2H3,(H,27,28)/b26-18-. The summed E-state index contributed by atoms with van der Waals surface area (Å²) in [6.45, 7) is 4.95. The normalized spacial score (nSPS) is 11.0. The van der Waals surface area contributed by atoms with E-state index < -0.39 is 0 Å². The molecule has 0 bridgehead atoms. The Morgan fingerprint density at radius 3 is 2.41 bits per heavy atom. The number of hydrogen-bond donors (Lipinski definition) is 1. The van der Waals surface area contributed by atoms with E-state index in [-0.39, 0.29) is 5.91 Å². The van der Waals surface area contributed by atoms with Gasteiger partial charge in [0.2, 0.25) is 0 Å². The highest BCUT2D eigenvalue weighted by molar-refractivity contribution is 9.10. The number of unbranched alkanes of at least 4 members (excludes halogenated alkanes) is 6. The second kappa shape index (κ2) is 13.2. The lowest BCUT2D eigenvalue weighted by molar-refractivity contribution is 0.0955. The minimum Gasteiger partial charge on any atom is -0.492 e. The first-order chi connectivity index (χ1) is 14.1. The predicted octanol–water partition coefficient (Wildman–Crippen LogP) is 6.65. The zero-order valence-electron chi connectivity index (χ0n) is 17.4. The smallest absolute Gasteiger partial charge is 0.271 e. The number of nitrogens with one attached hydrogen (secondary N) is 1. The van der Waals surface area contributed by atoms with Gasteiger partial charge in [-0.05, 0) is 65.2 Å². The average Bonchev–Trinajstić information content (AvgIpc) is 2.71. The fourth-order valence-corrected chi connectivity index (χ4v) is 3.40. The van der Waals surface area contributed by atoms with Gasteiger partial charge in [0, 0.05) is 5.56 Å². The minimum atomic E-state index is -0.227. The van der Waals surface area contributed by atoms with Crippen molar-refractivity contribution in [1.29, 1.82) is 0 Å². The van der Waals surface area contributed by atoms with Gasteiger partial charge in [-0.3, -0.25) is 4.79 Å². The van der Waals surface area contributed by atoms with Gasteiger partial charge in [0.1, 0.15) is 5.75 Å². The Labute approximate surface area is 182 Å². The molecule has 0 spiro atoms. The third-order valence-electron chi connectivity index (χ3n) is 4.65. The average molecular weight is 459 g/mol. The number of amides is 1. The maximum atomic E-state index is 12.1. The van der Waals surface area contributed by atoms with E-state index >= 15 is 0 Å². The molecule has 0 saturated carbocycles. The molecule has 0 aliphatic heterocycles. The number of benzene rings is 2. The summed E-state index contributed by atoms with van der Waals surface area (Å²) in [6, 6.07) is 13.2. The Morgan fingerprint density at radius 2 is 1.72 bits per heavy atom. The number of aryl methyl sites for hydroxylation is 1. The molecule has 0 aromatic heterocycles. The quantitative estimate of drug-likeness (QED) is 0.219. The molecule has 1 N–H and O–H groups in total. The van der Waals surface area contributed by atoms with Crippen LogP contribution in [0.15, 0.2) is 52.0 Å². The minimum absolute atomic E-state index is 0.227. The number of nitrogens with zero attached hydrogens (tertiary/aromatic N) is 1. The highest BCUT2D eigenvalue weighted by Crippen LogP contribution is 2.25. The van der Waals surface area contributed by atoms with Crippen molar-refractivity contribution < 1.29 is 9.53 Å². The van der Waals surface area contributed by atoms with Gasteiger partial charge in [0.25, 0.3) is 5.91 Å². The summed E-state index contributed by atoms with van der Waals surface area (Å²) in [5.41, 5.74) is 5.13. The number of hydrogen-bond acceptors (Lipinski definition) is 3. The zero-order chi connectivity index (χ0) is 20.9. The lowest BCUT2D eigenvalue weighted by Crippen LogP contribution is -2.17. The van der Waals surface area contributed by atoms with Crippen molar-refractivity contribution >= 4 is 28.1 Å². The van der Waals surface area contributed by atoms with E-state index in [2.05, 4.69) is 33.4 Å². The Kier molecular flexibility index (Phi) is 10.5. The Bertz CT molecular complexity index is 788. The largest absolute Gasteiger partial charge is 0.492 e. The molecule has 0 atom stereocenters. The molecular weight excluding hydrogens is 428 g/mol. The van der Waals surface area contributed by atoms with Crippen LogP contribution in [0.1, 0.15) is 73.4 Å². The third kappa shape index (κ3) is 8.82. The van der Waals surface area contributed by atoms with Crippen molar-refractivity contribution in [3.05, 3.63) is 63.6 Å². The number of rotatable bonds is 12. The molecule has 2 rings (SSSR count). The Balaban J connectivity index is 1.73. The summed E-state index contributed by atoms with van der Waals surface area (Å²) < 4.78 is 6.75. The Hall–Kier alpha value is -2.14. The molecule has 0 saturated heterocycles. The lowest BCUT2D eigenvalue weighted by atomic mass is 10.1. The number of hydrazone groups is 1. The lowest BCUT2D eigenvalue weighted by Gasteiger charge is -2.09. The van der Waals surface area contributed by atoms with Crippen LogP contribution in [0.25, 0.3) is 0 Å². The highest BCUT2D eigenvalue weighted by Gasteiger charge is 2.04. The molecule has 0 fully saturated rings. The fourth-order valence-electron chi connectivity index (χ4n) is 2.89. The topological polar surface area (TPSA) is 50.7 Å². The van der Waals surface area contributed by atoms with Crippen LogP contribution in [0.3, 0.4) is 0 Å². The van der Waals surface area contributed by atoms with Crippen LogP contribution in [0.4, 0.5) is 0 Å². The third-order valence-corrected chi connectivity index (χ3v) is 5.27. The predicted molar refractivity (Wildman–Crippen MR) is 124 cm³/mol. The van der Waals surface area contributed by atoms with Crippen molar-refractivity contribution in [2.45, 2.75) is 58.8 Å². The van der Waals surface area contributed by atoms with Crippen LogP contribution in [0.5, 0.6) is 5.75 Å². The molecule has 2 aromatic carbocycles. The van der Waals surface area contributed by atoms with Crippen molar-refractivity contribution in [2.75, 3.05) is 6.61 Å². The second-order valence-electron chi connectivity index (χ2n) is 7.22. The molecular formula is C24H31BrN2O2. The SMILES string of the molecule is CCCCCCCCCOc1ccc(/C=N\NC(=O)c2ccc(C)cc2)cc1Br. The molecule has 0 aliphatic rings. The Morgan fingerprint density at radius 1 is 1.03 bits per heavy atom. The van der Waals surface area contributed by atoms with Crippen LogP contribution in [-0.2, 0) is 0 Å². The van der Waals surface area contributed by atoms with Gasteiger partial charge < -0.3 is 4.74 Å². The molecule has 4 nitrogen and oxygen atoms in total. The summed E-state index contributed by atoms with van der Waals surface area (Å²) in [5, 5.41) is 4.04. The summed E-state index contributed by atoms with van der Waals surface area (Å²) in [5.74, 6) is 0.604. The van der Waals surface area contributed by atoms with Crippen LogP contribution >= 0.6 is 15.9 Å².